The second-order valence-corrected chi connectivity index (χ2v) is 10.4. The van der Waals surface area contributed by atoms with Crippen molar-refractivity contribution in [2.75, 3.05) is 36.2 Å². The van der Waals surface area contributed by atoms with E-state index >= 15 is 0 Å². The molecule has 1 aliphatic carbocycles. The Bertz CT molecular complexity index is 1180. The van der Waals surface area contributed by atoms with E-state index in [0.717, 1.165) is 54.5 Å². The highest BCUT2D eigenvalue weighted by Crippen LogP contribution is 2.30. The summed E-state index contributed by atoms with van der Waals surface area (Å²) in [4.78, 5) is 24.3. The normalized spacial score (nSPS) is 17.7. The molecule has 0 aliphatic heterocycles. The van der Waals surface area contributed by atoms with E-state index in [1.165, 1.54) is 11.1 Å². The number of benzene rings is 2. The number of para-hydroxylation sites is 2. The molecule has 1 fully saturated rings. The third-order valence-corrected chi connectivity index (χ3v) is 7.16. The summed E-state index contributed by atoms with van der Waals surface area (Å²) in [7, 11) is 4.02. The van der Waals surface area contributed by atoms with E-state index in [9.17, 15) is 4.79 Å². The zero-order valence-corrected chi connectivity index (χ0v) is 22.3. The minimum atomic E-state index is -0.112. The lowest BCUT2D eigenvalue weighted by molar-refractivity contribution is 0.246. The van der Waals surface area contributed by atoms with Gasteiger partial charge in [-0.15, -0.1) is 0 Å². The van der Waals surface area contributed by atoms with Gasteiger partial charge in [-0.3, -0.25) is 0 Å². The molecule has 0 saturated heterocycles. The average Bonchev–Trinajstić information content (AvgIpc) is 2.87. The van der Waals surface area contributed by atoms with Crippen molar-refractivity contribution in [3.63, 3.8) is 0 Å². The quantitative estimate of drug-likeness (QED) is 0.353. The van der Waals surface area contributed by atoms with Gasteiger partial charge in [0, 0.05) is 37.8 Å². The Hall–Kier alpha value is -3.35. The molecule has 4 rings (SSSR count). The standard InChI is InChI=1S/C29H40N6O/c1-6-21-10-9-12-23(19(2)3)26(21)33-29(36)30-18-20-14-16-22(17-15-20)31-28-32-25-13-8-7-11-24(25)27(34-28)35(4)5/h7-13,19-20,22H,6,14-18H2,1-5H3,(H2,30,33,36)(H,31,32,34). The number of carbonyl (C=O) groups excluding carboxylic acids is 1. The fraction of sp³-hybridized carbons (Fsp3) is 0.483. The number of anilines is 3. The molecule has 0 radical (unpaired) electrons. The highest BCUT2D eigenvalue weighted by atomic mass is 16.2. The van der Waals surface area contributed by atoms with Gasteiger partial charge in [0.25, 0.3) is 0 Å². The molecule has 36 heavy (non-hydrogen) atoms. The van der Waals surface area contributed by atoms with Crippen LogP contribution < -0.4 is 20.9 Å². The van der Waals surface area contributed by atoms with Gasteiger partial charge >= 0.3 is 6.03 Å². The molecular weight excluding hydrogens is 448 g/mol. The predicted molar refractivity (Wildman–Crippen MR) is 150 cm³/mol. The van der Waals surface area contributed by atoms with Gasteiger partial charge in [0.1, 0.15) is 5.82 Å². The van der Waals surface area contributed by atoms with Gasteiger partial charge in [0.05, 0.1) is 5.52 Å². The Morgan fingerprint density at radius 3 is 2.47 bits per heavy atom. The van der Waals surface area contributed by atoms with Gasteiger partial charge in [-0.2, -0.15) is 4.98 Å². The van der Waals surface area contributed by atoms with Crippen molar-refractivity contribution < 1.29 is 4.79 Å². The summed E-state index contributed by atoms with van der Waals surface area (Å²) < 4.78 is 0. The Morgan fingerprint density at radius 2 is 1.78 bits per heavy atom. The van der Waals surface area contributed by atoms with Crippen LogP contribution in [-0.2, 0) is 6.42 Å². The molecule has 1 heterocycles. The maximum absolute atomic E-state index is 12.7. The van der Waals surface area contributed by atoms with Gasteiger partial charge < -0.3 is 20.9 Å². The number of aromatic nitrogens is 2. The average molecular weight is 489 g/mol. The Labute approximate surface area is 215 Å². The van der Waals surface area contributed by atoms with Gasteiger partial charge in [0.15, 0.2) is 0 Å². The van der Waals surface area contributed by atoms with Crippen molar-refractivity contribution >= 4 is 34.4 Å². The van der Waals surface area contributed by atoms with Crippen LogP contribution in [0.4, 0.5) is 22.2 Å². The third kappa shape index (κ3) is 6.07. The molecule has 0 bridgehead atoms. The molecule has 2 amide bonds. The molecule has 192 valence electrons. The van der Waals surface area contributed by atoms with E-state index < -0.39 is 0 Å². The van der Waals surface area contributed by atoms with Crippen molar-refractivity contribution in [2.24, 2.45) is 5.92 Å². The van der Waals surface area contributed by atoms with Crippen LogP contribution in [0, 0.1) is 5.92 Å². The van der Waals surface area contributed by atoms with E-state index in [2.05, 4.69) is 61.0 Å². The summed E-state index contributed by atoms with van der Waals surface area (Å²) in [5, 5.41) is 10.9. The molecular formula is C29H40N6O. The number of hydrogen-bond donors (Lipinski definition) is 3. The van der Waals surface area contributed by atoms with Crippen molar-refractivity contribution in [1.29, 1.82) is 0 Å². The first-order valence-electron chi connectivity index (χ1n) is 13.2. The van der Waals surface area contributed by atoms with Crippen LogP contribution in [-0.4, -0.2) is 42.7 Å². The molecule has 7 heteroatoms. The van der Waals surface area contributed by atoms with Crippen LogP contribution in [0.5, 0.6) is 0 Å². The second-order valence-electron chi connectivity index (χ2n) is 10.4. The van der Waals surface area contributed by atoms with Crippen LogP contribution in [0.3, 0.4) is 0 Å². The first kappa shape index (κ1) is 25.7. The third-order valence-electron chi connectivity index (χ3n) is 7.16. The van der Waals surface area contributed by atoms with E-state index in [1.54, 1.807) is 0 Å². The maximum atomic E-state index is 12.7. The minimum Gasteiger partial charge on any atom is -0.362 e. The first-order chi connectivity index (χ1) is 17.4. The largest absolute Gasteiger partial charge is 0.362 e. The van der Waals surface area contributed by atoms with Crippen LogP contribution in [0.1, 0.15) is 63.5 Å². The van der Waals surface area contributed by atoms with Gasteiger partial charge in [-0.05, 0) is 67.2 Å². The smallest absolute Gasteiger partial charge is 0.319 e. The number of nitrogens with zero attached hydrogens (tertiary/aromatic N) is 3. The molecule has 3 aromatic rings. The van der Waals surface area contributed by atoms with E-state index in [4.69, 9.17) is 9.97 Å². The zero-order valence-electron chi connectivity index (χ0n) is 22.3. The fourth-order valence-corrected chi connectivity index (χ4v) is 5.10. The summed E-state index contributed by atoms with van der Waals surface area (Å²) in [6, 6.07) is 14.6. The summed E-state index contributed by atoms with van der Waals surface area (Å²) in [5.74, 6) is 2.45. The van der Waals surface area contributed by atoms with Crippen LogP contribution in [0.25, 0.3) is 10.9 Å². The molecule has 3 N–H and O–H groups in total. The molecule has 1 aromatic heterocycles. The highest BCUT2D eigenvalue weighted by molar-refractivity contribution is 5.91. The Kier molecular flexibility index (Phi) is 8.28. The lowest BCUT2D eigenvalue weighted by Crippen LogP contribution is -2.36. The summed E-state index contributed by atoms with van der Waals surface area (Å²) in [6.45, 7) is 7.14. The zero-order chi connectivity index (χ0) is 25.7. The number of nitrogens with one attached hydrogen (secondary N) is 3. The molecule has 2 aromatic carbocycles. The monoisotopic (exact) mass is 488 g/mol. The predicted octanol–water partition coefficient (Wildman–Crippen LogP) is 6.17. The van der Waals surface area contributed by atoms with Gasteiger partial charge in [0.2, 0.25) is 5.95 Å². The van der Waals surface area contributed by atoms with Crippen LogP contribution in [0.2, 0.25) is 0 Å². The van der Waals surface area contributed by atoms with E-state index in [0.29, 0.717) is 30.4 Å². The first-order valence-corrected chi connectivity index (χ1v) is 13.2. The number of carbonyl (C=O) groups is 1. The SMILES string of the molecule is CCc1cccc(C(C)C)c1NC(=O)NCC1CCC(Nc2nc(N(C)C)c3ccccc3n2)CC1. The number of amides is 2. The van der Waals surface area contributed by atoms with Crippen LogP contribution >= 0.6 is 0 Å². The van der Waals surface area contributed by atoms with Crippen molar-refractivity contribution in [3.05, 3.63) is 53.6 Å². The topological polar surface area (TPSA) is 82.2 Å². The molecule has 0 spiro atoms. The van der Waals surface area contributed by atoms with Crippen molar-refractivity contribution in [2.45, 2.75) is 64.8 Å². The Morgan fingerprint density at radius 1 is 1.03 bits per heavy atom. The van der Waals surface area contributed by atoms with Crippen LogP contribution in [0.15, 0.2) is 42.5 Å². The lowest BCUT2D eigenvalue weighted by atomic mass is 9.86. The molecule has 1 aliphatic rings. The molecule has 1 saturated carbocycles. The minimum absolute atomic E-state index is 0.112. The summed E-state index contributed by atoms with van der Waals surface area (Å²) in [6.07, 6.45) is 5.10. The van der Waals surface area contributed by atoms with Crippen molar-refractivity contribution in [3.8, 4) is 0 Å². The Balaban J connectivity index is 1.30. The molecule has 7 nitrogen and oxygen atoms in total. The fourth-order valence-electron chi connectivity index (χ4n) is 5.10. The number of aryl methyl sites for hydroxylation is 1. The second kappa shape index (κ2) is 11.6. The lowest BCUT2D eigenvalue weighted by Gasteiger charge is -2.29. The maximum Gasteiger partial charge on any atom is 0.319 e. The summed E-state index contributed by atoms with van der Waals surface area (Å²) >= 11 is 0. The van der Waals surface area contributed by atoms with Gasteiger partial charge in [-0.1, -0.05) is 51.1 Å². The summed E-state index contributed by atoms with van der Waals surface area (Å²) in [5.41, 5.74) is 4.28. The number of rotatable bonds is 8. The highest BCUT2D eigenvalue weighted by Gasteiger charge is 2.23. The molecule has 0 unspecified atom stereocenters. The van der Waals surface area contributed by atoms with E-state index in [1.807, 2.05) is 37.2 Å². The van der Waals surface area contributed by atoms with Crippen molar-refractivity contribution in [1.82, 2.24) is 15.3 Å². The number of fused-ring (bicyclic) bond motifs is 1. The number of hydrogen-bond acceptors (Lipinski definition) is 5. The molecule has 0 atom stereocenters. The number of urea groups is 1. The van der Waals surface area contributed by atoms with Gasteiger partial charge in [-0.25, -0.2) is 9.78 Å². The van der Waals surface area contributed by atoms with E-state index in [-0.39, 0.29) is 6.03 Å².